The number of nitrogens with one attached hydrogen (secondary N) is 2. The van der Waals surface area contributed by atoms with Crippen LogP contribution in [0.4, 0.5) is 4.39 Å². The monoisotopic (exact) mass is 534 g/mol. The predicted octanol–water partition coefficient (Wildman–Crippen LogP) is 2.54. The number of carbonyl (C=O) groups excluding carboxylic acids is 1. The number of aryl methyl sites for hydroxylation is 1. The van der Waals surface area contributed by atoms with Gasteiger partial charge in [-0.2, -0.15) is 5.10 Å². The number of benzene rings is 2. The van der Waals surface area contributed by atoms with Gasteiger partial charge in [-0.3, -0.25) is 14.8 Å². The van der Waals surface area contributed by atoms with Crippen molar-refractivity contribution in [1.29, 1.82) is 0 Å². The fourth-order valence-corrected chi connectivity index (χ4v) is 4.97. The average molecular weight is 535 g/mol. The van der Waals surface area contributed by atoms with Crippen LogP contribution in [-0.4, -0.2) is 97.1 Å². The number of fused-ring (bicyclic) bond motifs is 1. The number of hydrogen-bond donors (Lipinski definition) is 5. The molecule has 204 valence electrons. The molecule has 0 saturated heterocycles. The number of phenols is 1. The maximum Gasteiger partial charge on any atom is 0.237 e. The van der Waals surface area contributed by atoms with E-state index >= 15 is 4.39 Å². The molecule has 0 saturated carbocycles. The van der Waals surface area contributed by atoms with E-state index in [0.29, 0.717) is 60.6 Å². The molecule has 0 fully saturated rings. The smallest absolute Gasteiger partial charge is 0.237 e. The van der Waals surface area contributed by atoms with Crippen LogP contribution in [0.5, 0.6) is 5.75 Å². The molecule has 0 radical (unpaired) electrons. The highest BCUT2D eigenvalue weighted by atomic mass is 19.1. The molecule has 2 aromatic heterocycles. The van der Waals surface area contributed by atoms with Gasteiger partial charge >= 0.3 is 0 Å². The lowest BCUT2D eigenvalue weighted by Crippen LogP contribution is -2.41. The number of aromatic amines is 2. The molecule has 0 bridgehead atoms. The van der Waals surface area contributed by atoms with Crippen LogP contribution in [0.15, 0.2) is 42.6 Å². The van der Waals surface area contributed by atoms with Gasteiger partial charge in [-0.05, 0) is 41.3 Å². The molecule has 0 unspecified atom stereocenters. The Kier molecular flexibility index (Phi) is 7.73. The molecule has 10 nitrogen and oxygen atoms in total. The van der Waals surface area contributed by atoms with Gasteiger partial charge in [0.05, 0.1) is 31.6 Å². The van der Waals surface area contributed by atoms with Crippen molar-refractivity contribution in [3.8, 4) is 28.4 Å². The van der Waals surface area contributed by atoms with Crippen molar-refractivity contribution in [1.82, 2.24) is 30.0 Å². The zero-order valence-corrected chi connectivity index (χ0v) is 21.6. The molecule has 11 heteroatoms. The summed E-state index contributed by atoms with van der Waals surface area (Å²) in [5.41, 5.74) is 4.37. The first-order chi connectivity index (χ1) is 18.9. The van der Waals surface area contributed by atoms with E-state index < -0.39 is 5.82 Å². The van der Waals surface area contributed by atoms with Gasteiger partial charge in [-0.25, -0.2) is 9.37 Å². The Hall–Kier alpha value is -4.06. The van der Waals surface area contributed by atoms with Crippen molar-refractivity contribution in [3.63, 3.8) is 0 Å². The number of H-pyrrole nitrogens is 2. The Bertz CT molecular complexity index is 1520. The first kappa shape index (κ1) is 26.5. The maximum absolute atomic E-state index is 15.6. The molecule has 0 spiro atoms. The molecular weight excluding hydrogens is 503 g/mol. The fourth-order valence-electron chi connectivity index (χ4n) is 4.97. The third kappa shape index (κ3) is 5.29. The van der Waals surface area contributed by atoms with Crippen LogP contribution in [0, 0.1) is 5.82 Å². The van der Waals surface area contributed by atoms with Gasteiger partial charge in [0, 0.05) is 37.1 Å². The summed E-state index contributed by atoms with van der Waals surface area (Å²) in [5.74, 6) is 0.101. The lowest BCUT2D eigenvalue weighted by molar-refractivity contribution is -0.131. The zero-order chi connectivity index (χ0) is 27.5. The number of hydrogen-bond acceptors (Lipinski definition) is 7. The highest BCUT2D eigenvalue weighted by Gasteiger charge is 2.24. The Balaban J connectivity index is 1.34. The molecule has 1 aliphatic rings. The van der Waals surface area contributed by atoms with Crippen LogP contribution < -0.4 is 0 Å². The number of phenolic OH excluding ortho intramolecular Hbond substituents is 1. The second kappa shape index (κ2) is 11.4. The second-order valence-electron chi connectivity index (χ2n) is 9.49. The lowest BCUT2D eigenvalue weighted by Gasteiger charge is -2.23. The number of imidazole rings is 1. The van der Waals surface area contributed by atoms with Crippen molar-refractivity contribution in [2.75, 3.05) is 45.9 Å². The molecule has 2 aromatic carbocycles. The Morgan fingerprint density at radius 3 is 2.67 bits per heavy atom. The van der Waals surface area contributed by atoms with Crippen molar-refractivity contribution in [2.24, 2.45) is 0 Å². The summed E-state index contributed by atoms with van der Waals surface area (Å²) in [5, 5.41) is 35.9. The Labute approximate surface area is 224 Å². The topological polar surface area (TPSA) is 142 Å². The maximum atomic E-state index is 15.6. The number of halogens is 1. The summed E-state index contributed by atoms with van der Waals surface area (Å²) in [4.78, 5) is 23.9. The van der Waals surface area contributed by atoms with E-state index in [1.165, 1.54) is 0 Å². The number of aliphatic hydroxyl groups excluding tert-OH is 2. The summed E-state index contributed by atoms with van der Waals surface area (Å²) in [7, 11) is 0. The minimum atomic E-state index is -0.453. The van der Waals surface area contributed by atoms with E-state index in [0.717, 1.165) is 16.8 Å². The predicted molar refractivity (Wildman–Crippen MR) is 145 cm³/mol. The van der Waals surface area contributed by atoms with E-state index in [1.54, 1.807) is 46.3 Å². The molecule has 4 aromatic rings. The zero-order valence-electron chi connectivity index (χ0n) is 21.6. The molecule has 5 rings (SSSR count). The van der Waals surface area contributed by atoms with Crippen molar-refractivity contribution >= 4 is 22.4 Å². The summed E-state index contributed by atoms with van der Waals surface area (Å²) >= 11 is 0. The number of rotatable bonds is 10. The highest BCUT2D eigenvalue weighted by Crippen LogP contribution is 2.35. The number of aromatic hydroxyl groups is 1. The standard InChI is InChI=1S/C28H31FN6O4/c1-2-17-13-19(38)3-4-20(17)21-5-6-22-26(25(21)29)32-33-27(22)28-30-14-23(31-28)18-7-8-35(15-18)24(39)16-34(9-11-36)10-12-37/h3-7,13-14,36-38H,2,8-12,15-16H2,1H3,(H,30,31)(H,32,33). The minimum absolute atomic E-state index is 0.0855. The van der Waals surface area contributed by atoms with Gasteiger partial charge in [0.15, 0.2) is 11.6 Å². The largest absolute Gasteiger partial charge is 0.508 e. The third-order valence-corrected chi connectivity index (χ3v) is 7.05. The van der Waals surface area contributed by atoms with Gasteiger partial charge in [0.2, 0.25) is 5.91 Å². The number of amides is 1. The number of nitrogens with zero attached hydrogens (tertiary/aromatic N) is 4. The van der Waals surface area contributed by atoms with E-state index in [-0.39, 0.29) is 36.9 Å². The first-order valence-corrected chi connectivity index (χ1v) is 12.9. The Morgan fingerprint density at radius 1 is 1.15 bits per heavy atom. The van der Waals surface area contributed by atoms with Gasteiger partial charge in [-0.1, -0.05) is 25.1 Å². The third-order valence-electron chi connectivity index (χ3n) is 7.05. The molecule has 1 amide bonds. The minimum Gasteiger partial charge on any atom is -0.508 e. The van der Waals surface area contributed by atoms with Gasteiger partial charge in [-0.15, -0.1) is 0 Å². The van der Waals surface area contributed by atoms with Crippen molar-refractivity contribution < 1.29 is 24.5 Å². The van der Waals surface area contributed by atoms with Crippen molar-refractivity contribution in [2.45, 2.75) is 13.3 Å². The van der Waals surface area contributed by atoms with Crippen LogP contribution in [-0.2, 0) is 11.2 Å². The van der Waals surface area contributed by atoms with Crippen LogP contribution in [0.3, 0.4) is 0 Å². The van der Waals surface area contributed by atoms with Crippen LogP contribution in [0.1, 0.15) is 18.2 Å². The normalized spacial score (nSPS) is 13.6. The SMILES string of the molecule is CCc1cc(O)ccc1-c1ccc2c(-c3ncc(C4=CCN(C(=O)CN(CCO)CCO)C4)[nH]3)[nH]nc2c1F. The molecule has 0 aliphatic carbocycles. The second-order valence-corrected chi connectivity index (χ2v) is 9.49. The summed E-state index contributed by atoms with van der Waals surface area (Å²) < 4.78 is 15.6. The van der Waals surface area contributed by atoms with Crippen LogP contribution >= 0.6 is 0 Å². The fraction of sp³-hybridized carbons (Fsp3) is 0.321. The summed E-state index contributed by atoms with van der Waals surface area (Å²) in [6.45, 7) is 3.39. The van der Waals surface area contributed by atoms with E-state index in [1.807, 2.05) is 13.0 Å². The number of aliphatic hydroxyl groups is 2. The molecule has 39 heavy (non-hydrogen) atoms. The van der Waals surface area contributed by atoms with E-state index in [9.17, 15) is 20.1 Å². The molecule has 3 heterocycles. The Morgan fingerprint density at radius 2 is 1.92 bits per heavy atom. The average Bonchev–Trinajstić information content (AvgIpc) is 3.69. The molecule has 0 atom stereocenters. The summed E-state index contributed by atoms with van der Waals surface area (Å²) in [6, 6.07) is 8.43. The molecule has 5 N–H and O–H groups in total. The van der Waals surface area contributed by atoms with Crippen molar-refractivity contribution in [3.05, 3.63) is 59.7 Å². The lowest BCUT2D eigenvalue weighted by atomic mass is 9.96. The van der Waals surface area contributed by atoms with Crippen LogP contribution in [0.25, 0.3) is 39.1 Å². The van der Waals surface area contributed by atoms with Crippen LogP contribution in [0.2, 0.25) is 0 Å². The van der Waals surface area contributed by atoms with Gasteiger partial charge in [0.1, 0.15) is 17.0 Å². The summed E-state index contributed by atoms with van der Waals surface area (Å²) in [6.07, 6.45) is 4.28. The number of carbonyl (C=O) groups is 1. The van der Waals surface area contributed by atoms with E-state index in [2.05, 4.69) is 20.2 Å². The van der Waals surface area contributed by atoms with Gasteiger partial charge in [0.25, 0.3) is 0 Å². The molecular formula is C28H31FN6O4. The van der Waals surface area contributed by atoms with Gasteiger partial charge < -0.3 is 25.2 Å². The first-order valence-electron chi connectivity index (χ1n) is 12.9. The molecule has 1 aliphatic heterocycles. The number of aromatic nitrogens is 4. The highest BCUT2D eigenvalue weighted by molar-refractivity contribution is 5.95. The quantitative estimate of drug-likeness (QED) is 0.211. The van der Waals surface area contributed by atoms with E-state index in [4.69, 9.17) is 0 Å².